The first-order valence-corrected chi connectivity index (χ1v) is 12.5. The third-order valence-electron chi connectivity index (χ3n) is 4.77. The molecule has 1 aliphatic heterocycles. The van der Waals surface area contributed by atoms with Gasteiger partial charge in [-0.15, -0.1) is 0 Å². The van der Waals surface area contributed by atoms with Gasteiger partial charge in [0.1, 0.15) is 12.4 Å². The van der Waals surface area contributed by atoms with Crippen molar-refractivity contribution in [1.82, 2.24) is 4.90 Å². The molecule has 0 saturated heterocycles. The van der Waals surface area contributed by atoms with Crippen LogP contribution in [0.25, 0.3) is 0 Å². The minimum absolute atomic E-state index is 0.0672. The van der Waals surface area contributed by atoms with Crippen molar-refractivity contribution in [3.05, 3.63) is 59.1 Å². The topological polar surface area (TPSA) is 49.9 Å². The maximum Gasteiger partial charge on any atom is 0.281 e. The summed E-state index contributed by atoms with van der Waals surface area (Å²) in [5.41, 5.74) is 1.84. The molecule has 0 aromatic heterocycles. The molecule has 2 amide bonds. The Morgan fingerprint density at radius 1 is 1.12 bits per heavy atom. The molecule has 0 aliphatic carbocycles. The fraction of sp³-hybridized carbons (Fsp3) is 0.391. The van der Waals surface area contributed by atoms with Gasteiger partial charge in [0.05, 0.1) is 11.7 Å². The number of thioether (sulfide) groups is 1. The van der Waals surface area contributed by atoms with Crippen molar-refractivity contribution in [3.63, 3.8) is 0 Å². The number of benzene rings is 2. The van der Waals surface area contributed by atoms with Crippen molar-refractivity contribution in [2.24, 2.45) is 0 Å². The predicted octanol–water partition coefficient (Wildman–Crippen LogP) is 6.64. The minimum atomic E-state index is -1.05. The van der Waals surface area contributed by atoms with E-state index >= 15 is 0 Å². The van der Waals surface area contributed by atoms with E-state index in [-0.39, 0.29) is 17.2 Å². The summed E-state index contributed by atoms with van der Waals surface area (Å²) in [4.78, 5) is 25.9. The fourth-order valence-corrected chi connectivity index (χ4v) is 4.30. The summed E-state index contributed by atoms with van der Waals surface area (Å²) in [6.45, 7) is 7.85. The lowest BCUT2D eigenvalue weighted by atomic mass is 10.1. The van der Waals surface area contributed by atoms with Crippen LogP contribution in [0.5, 0.6) is 5.75 Å². The van der Waals surface area contributed by atoms with E-state index in [2.05, 4.69) is 0 Å². The lowest BCUT2D eigenvalue weighted by Gasteiger charge is -2.35. The minimum Gasteiger partial charge on any atom is -0.489 e. The van der Waals surface area contributed by atoms with Crippen LogP contribution in [-0.2, 0) is 10.5 Å². The summed E-state index contributed by atoms with van der Waals surface area (Å²) in [5.74, 6) is 1.07. The molecule has 0 fully saturated rings. The Morgan fingerprint density at radius 3 is 2.34 bits per heavy atom. The number of halogens is 3. The number of para-hydroxylation sites is 2. The van der Waals surface area contributed by atoms with E-state index in [0.29, 0.717) is 18.1 Å². The predicted molar refractivity (Wildman–Crippen MR) is 135 cm³/mol. The van der Waals surface area contributed by atoms with E-state index in [1.165, 1.54) is 11.8 Å². The molecule has 174 valence electrons. The van der Waals surface area contributed by atoms with E-state index in [1.54, 1.807) is 4.90 Å². The number of rotatable bonds is 5. The van der Waals surface area contributed by atoms with Gasteiger partial charge in [-0.1, -0.05) is 70.8 Å². The average Bonchev–Trinajstić information content (AvgIpc) is 2.79. The summed E-state index contributed by atoms with van der Waals surface area (Å²) in [6, 6.07) is 14.9. The number of nitrogens with zero attached hydrogens (tertiary/aromatic N) is 2. The number of carbonyl (C=O) groups excluding carboxylic acids is 2. The van der Waals surface area contributed by atoms with Crippen molar-refractivity contribution < 1.29 is 14.3 Å². The second-order valence-corrected chi connectivity index (χ2v) is 9.45. The Kier molecular flexibility index (Phi) is 11.0. The fourth-order valence-electron chi connectivity index (χ4n) is 3.04. The first-order valence-electron chi connectivity index (χ1n) is 10.3. The first kappa shape index (κ1) is 26.7. The first-order chi connectivity index (χ1) is 15.3. The molecule has 0 radical (unpaired) electrons. The van der Waals surface area contributed by atoms with E-state index in [9.17, 15) is 9.59 Å². The van der Waals surface area contributed by atoms with Crippen LogP contribution < -0.4 is 9.64 Å². The summed E-state index contributed by atoms with van der Waals surface area (Å²) in [6.07, 6.45) is 0. The van der Waals surface area contributed by atoms with Crippen LogP contribution in [0, 0.1) is 0 Å². The molecule has 2 aromatic rings. The Labute approximate surface area is 208 Å². The van der Waals surface area contributed by atoms with Crippen LogP contribution in [0.1, 0.15) is 26.3 Å². The van der Waals surface area contributed by atoms with Crippen LogP contribution in [0.4, 0.5) is 10.5 Å². The third-order valence-corrected chi connectivity index (χ3v) is 6.38. The Hall–Kier alpha value is -1.60. The maximum absolute atomic E-state index is 11.9. The monoisotopic (exact) mass is 516 g/mol. The van der Waals surface area contributed by atoms with Gasteiger partial charge >= 0.3 is 0 Å². The normalized spacial score (nSPS) is 14.7. The summed E-state index contributed by atoms with van der Waals surface area (Å²) < 4.78 is 5.52. The third kappa shape index (κ3) is 7.48. The lowest BCUT2D eigenvalue weighted by Crippen LogP contribution is -2.47. The number of ether oxygens (including phenoxy) is 1. The average molecular weight is 518 g/mol. The number of amides is 2. The van der Waals surface area contributed by atoms with Gasteiger partial charge in [0.2, 0.25) is 0 Å². The molecule has 1 heterocycles. The summed E-state index contributed by atoms with van der Waals surface area (Å²) in [5, 5.41) is 0.865. The number of alkyl halides is 2. The van der Waals surface area contributed by atoms with Crippen molar-refractivity contribution in [3.8, 4) is 5.75 Å². The van der Waals surface area contributed by atoms with Crippen LogP contribution >= 0.6 is 46.6 Å². The van der Waals surface area contributed by atoms with Crippen LogP contribution in [0.15, 0.2) is 48.5 Å². The zero-order valence-corrected chi connectivity index (χ0v) is 21.3. The van der Waals surface area contributed by atoms with Crippen LogP contribution in [0.2, 0.25) is 5.02 Å². The van der Waals surface area contributed by atoms with Gasteiger partial charge in [-0.3, -0.25) is 9.59 Å². The smallest absolute Gasteiger partial charge is 0.281 e. The second kappa shape index (κ2) is 13.2. The molecule has 2 aromatic carbocycles. The zero-order valence-electron chi connectivity index (χ0n) is 18.3. The van der Waals surface area contributed by atoms with Gasteiger partial charge in [0.25, 0.3) is 11.1 Å². The standard InChI is InChI=1S/C12H16ClNOS.C11H11Cl2NO2/c1-3-14(4-2)12(15)16-9-10-5-7-11(13)8-6-10;1-7-6-16-9-5-3-2-4-8(9)14(7)11(15)10(12)13/h5-8H,3-4,9H2,1-2H3;2-5,7,10H,6H2,1H3. The van der Waals surface area contributed by atoms with E-state index in [0.717, 1.165) is 29.4 Å². The van der Waals surface area contributed by atoms with Crippen molar-refractivity contribution in [2.45, 2.75) is 37.4 Å². The summed E-state index contributed by atoms with van der Waals surface area (Å²) >= 11 is 18.4. The van der Waals surface area contributed by atoms with Crippen molar-refractivity contribution >= 4 is 63.4 Å². The molecule has 3 rings (SSSR count). The molecule has 0 N–H and O–H groups in total. The highest BCUT2D eigenvalue weighted by Gasteiger charge is 2.31. The Bertz CT molecular complexity index is 892. The van der Waals surface area contributed by atoms with Gasteiger partial charge in [-0.05, 0) is 50.6 Å². The molecule has 5 nitrogen and oxygen atoms in total. The summed E-state index contributed by atoms with van der Waals surface area (Å²) in [7, 11) is 0. The molecule has 0 saturated carbocycles. The molecule has 1 unspecified atom stereocenters. The molecule has 0 bridgehead atoms. The largest absolute Gasteiger partial charge is 0.489 e. The molecular formula is C23H27Cl3N2O3S. The van der Waals surface area contributed by atoms with E-state index in [4.69, 9.17) is 39.5 Å². The quantitative estimate of drug-likeness (QED) is 0.417. The Balaban J connectivity index is 0.000000227. The van der Waals surface area contributed by atoms with E-state index in [1.807, 2.05) is 74.2 Å². The molecule has 32 heavy (non-hydrogen) atoms. The molecule has 9 heteroatoms. The molecule has 1 atom stereocenters. The van der Waals surface area contributed by atoms with Crippen molar-refractivity contribution in [2.75, 3.05) is 24.6 Å². The highest BCUT2D eigenvalue weighted by Crippen LogP contribution is 2.34. The highest BCUT2D eigenvalue weighted by atomic mass is 35.5. The van der Waals surface area contributed by atoms with Crippen molar-refractivity contribution in [1.29, 1.82) is 0 Å². The lowest BCUT2D eigenvalue weighted by molar-refractivity contribution is -0.117. The van der Waals surface area contributed by atoms with Gasteiger partial charge < -0.3 is 14.5 Å². The van der Waals surface area contributed by atoms with Gasteiger partial charge in [-0.25, -0.2) is 0 Å². The van der Waals surface area contributed by atoms with Crippen LogP contribution in [-0.4, -0.2) is 46.6 Å². The zero-order chi connectivity index (χ0) is 23.7. The number of hydrogen-bond donors (Lipinski definition) is 0. The SMILES string of the molecule is CC1COc2ccccc2N1C(=O)C(Cl)Cl.CCN(CC)C(=O)SCc1ccc(Cl)cc1. The van der Waals surface area contributed by atoms with E-state index < -0.39 is 4.84 Å². The Morgan fingerprint density at radius 2 is 1.75 bits per heavy atom. The molecule has 0 spiro atoms. The molecular weight excluding hydrogens is 491 g/mol. The van der Waals surface area contributed by atoms with Gasteiger partial charge in [0.15, 0.2) is 4.84 Å². The number of anilines is 1. The number of fused-ring (bicyclic) bond motifs is 1. The number of carbonyl (C=O) groups is 2. The highest BCUT2D eigenvalue weighted by molar-refractivity contribution is 8.12. The maximum atomic E-state index is 11.9. The molecule has 1 aliphatic rings. The van der Waals surface area contributed by atoms with Crippen LogP contribution in [0.3, 0.4) is 0 Å². The van der Waals surface area contributed by atoms with Gasteiger partial charge in [0, 0.05) is 23.9 Å². The second-order valence-electron chi connectivity index (χ2n) is 6.99. The van der Waals surface area contributed by atoms with Gasteiger partial charge in [-0.2, -0.15) is 0 Å². The number of hydrogen-bond acceptors (Lipinski definition) is 4.